The van der Waals surface area contributed by atoms with Crippen LogP contribution in [-0.2, 0) is 19.4 Å². The Bertz CT molecular complexity index is 1450. The van der Waals surface area contributed by atoms with Crippen LogP contribution in [0.1, 0.15) is 51.3 Å². The van der Waals surface area contributed by atoms with E-state index in [2.05, 4.69) is 16.5 Å². The monoisotopic (exact) mass is 454 g/mol. The van der Waals surface area contributed by atoms with Crippen molar-refractivity contribution in [3.8, 4) is 6.07 Å². The van der Waals surface area contributed by atoms with Crippen molar-refractivity contribution in [1.82, 2.24) is 9.78 Å². The highest BCUT2D eigenvalue weighted by atomic mass is 32.1. The number of rotatable bonds is 4. The molecule has 2 aromatic heterocycles. The van der Waals surface area contributed by atoms with Crippen LogP contribution in [0.2, 0.25) is 0 Å². The van der Waals surface area contributed by atoms with Crippen LogP contribution in [0.15, 0.2) is 59.4 Å². The Balaban J connectivity index is 1.56. The molecule has 0 aliphatic heterocycles. The Labute approximate surface area is 195 Å². The summed E-state index contributed by atoms with van der Waals surface area (Å²) in [6, 6.07) is 18.9. The van der Waals surface area contributed by atoms with Crippen molar-refractivity contribution in [3.63, 3.8) is 0 Å². The topological polar surface area (TPSA) is 87.8 Å². The highest BCUT2D eigenvalue weighted by Gasteiger charge is 2.23. The normalized spacial score (nSPS) is 13.2. The predicted octanol–water partition coefficient (Wildman–Crippen LogP) is 4.90. The molecule has 0 bridgehead atoms. The Morgan fingerprint density at radius 3 is 2.55 bits per heavy atom. The number of aromatic nitrogens is 2. The zero-order chi connectivity index (χ0) is 22.8. The summed E-state index contributed by atoms with van der Waals surface area (Å²) in [7, 11) is 0. The first kappa shape index (κ1) is 21.1. The molecule has 6 nitrogen and oxygen atoms in total. The second-order valence-electron chi connectivity index (χ2n) is 8.18. The number of thiophene rings is 1. The van der Waals surface area contributed by atoms with Gasteiger partial charge in [-0.1, -0.05) is 55.0 Å². The molecule has 7 heteroatoms. The fourth-order valence-electron chi connectivity index (χ4n) is 4.38. The van der Waals surface area contributed by atoms with Gasteiger partial charge in [0.15, 0.2) is 5.69 Å². The van der Waals surface area contributed by atoms with Crippen molar-refractivity contribution in [2.45, 2.75) is 38.6 Å². The number of hydrogen-bond donors (Lipinski definition) is 1. The highest BCUT2D eigenvalue weighted by molar-refractivity contribution is 7.16. The molecule has 0 atom stereocenters. The van der Waals surface area contributed by atoms with Gasteiger partial charge in [0.05, 0.1) is 17.5 Å². The van der Waals surface area contributed by atoms with Gasteiger partial charge < -0.3 is 5.32 Å². The number of carbonyl (C=O) groups is 1. The summed E-state index contributed by atoms with van der Waals surface area (Å²) in [6.07, 6.45) is 5.12. The molecule has 0 radical (unpaired) electrons. The van der Waals surface area contributed by atoms with Gasteiger partial charge in [-0.15, -0.1) is 11.3 Å². The molecule has 0 fully saturated rings. The maximum atomic E-state index is 13.4. The lowest BCUT2D eigenvalue weighted by molar-refractivity contribution is 0.102. The number of carbonyl (C=O) groups excluding carboxylic acids is 1. The number of nitriles is 1. The van der Waals surface area contributed by atoms with Gasteiger partial charge in [0.25, 0.3) is 11.5 Å². The van der Waals surface area contributed by atoms with E-state index in [1.807, 2.05) is 30.3 Å². The molecule has 0 saturated heterocycles. The number of nitrogens with one attached hydrogen (secondary N) is 1. The first-order valence-corrected chi connectivity index (χ1v) is 11.9. The third kappa shape index (κ3) is 4.06. The van der Waals surface area contributed by atoms with Gasteiger partial charge in [0.1, 0.15) is 11.1 Å². The van der Waals surface area contributed by atoms with Crippen LogP contribution >= 0.6 is 11.3 Å². The van der Waals surface area contributed by atoms with E-state index in [1.165, 1.54) is 20.9 Å². The Hall–Kier alpha value is -3.76. The molecule has 0 unspecified atom stereocenters. The molecule has 0 saturated carbocycles. The minimum absolute atomic E-state index is 0.175. The molecule has 2 aromatic carbocycles. The average Bonchev–Trinajstić information content (AvgIpc) is 2.99. The van der Waals surface area contributed by atoms with Crippen molar-refractivity contribution in [1.29, 1.82) is 5.26 Å². The van der Waals surface area contributed by atoms with Crippen LogP contribution in [0.4, 0.5) is 5.00 Å². The van der Waals surface area contributed by atoms with Crippen molar-refractivity contribution in [2.75, 3.05) is 5.32 Å². The van der Waals surface area contributed by atoms with E-state index in [-0.39, 0.29) is 17.8 Å². The second kappa shape index (κ2) is 9.00. The second-order valence-corrected chi connectivity index (χ2v) is 9.28. The minimum Gasteiger partial charge on any atom is -0.311 e. The van der Waals surface area contributed by atoms with E-state index >= 15 is 0 Å². The first-order valence-electron chi connectivity index (χ1n) is 11.1. The van der Waals surface area contributed by atoms with E-state index in [0.717, 1.165) is 43.2 Å². The van der Waals surface area contributed by atoms with Crippen molar-refractivity contribution in [3.05, 3.63) is 92.2 Å². The van der Waals surface area contributed by atoms with E-state index < -0.39 is 5.91 Å². The minimum atomic E-state index is -0.416. The molecule has 1 aliphatic rings. The molecule has 5 rings (SSSR count). The number of nitrogens with zero attached hydrogens (tertiary/aromatic N) is 3. The lowest BCUT2D eigenvalue weighted by Crippen LogP contribution is -2.28. The van der Waals surface area contributed by atoms with Crippen molar-refractivity contribution >= 4 is 33.0 Å². The van der Waals surface area contributed by atoms with Crippen LogP contribution in [0, 0.1) is 11.3 Å². The van der Waals surface area contributed by atoms with Gasteiger partial charge in [-0.05, 0) is 42.9 Å². The summed E-state index contributed by atoms with van der Waals surface area (Å²) >= 11 is 1.49. The summed E-state index contributed by atoms with van der Waals surface area (Å²) in [4.78, 5) is 27.6. The molecule has 1 N–H and O–H groups in total. The quantitative estimate of drug-likeness (QED) is 0.444. The summed E-state index contributed by atoms with van der Waals surface area (Å²) < 4.78 is 1.33. The molecule has 2 heterocycles. The van der Waals surface area contributed by atoms with Gasteiger partial charge >= 0.3 is 0 Å². The third-order valence-corrected chi connectivity index (χ3v) is 7.23. The van der Waals surface area contributed by atoms with Gasteiger partial charge in [-0.25, -0.2) is 4.68 Å². The van der Waals surface area contributed by atoms with Crippen LogP contribution in [-0.4, -0.2) is 15.7 Å². The molecule has 33 heavy (non-hydrogen) atoms. The van der Waals surface area contributed by atoms with Crippen LogP contribution < -0.4 is 10.9 Å². The average molecular weight is 455 g/mol. The number of anilines is 1. The third-order valence-electron chi connectivity index (χ3n) is 6.02. The first-order chi connectivity index (χ1) is 16.2. The Morgan fingerprint density at radius 2 is 1.76 bits per heavy atom. The number of benzene rings is 2. The summed E-state index contributed by atoms with van der Waals surface area (Å²) in [5, 5.41) is 18.7. The summed E-state index contributed by atoms with van der Waals surface area (Å²) in [6.45, 7) is 0.265. The van der Waals surface area contributed by atoms with Crippen LogP contribution in [0.3, 0.4) is 0 Å². The van der Waals surface area contributed by atoms with Crippen molar-refractivity contribution < 1.29 is 4.79 Å². The largest absolute Gasteiger partial charge is 0.311 e. The van der Waals surface area contributed by atoms with Gasteiger partial charge in [0, 0.05) is 10.3 Å². The highest BCUT2D eigenvalue weighted by Crippen LogP contribution is 2.37. The van der Waals surface area contributed by atoms with E-state index in [0.29, 0.717) is 21.3 Å². The number of fused-ring (bicyclic) bond motifs is 2. The molecule has 0 spiro atoms. The predicted molar refractivity (Wildman–Crippen MR) is 130 cm³/mol. The fourth-order valence-corrected chi connectivity index (χ4v) is 5.61. The molecular weight excluding hydrogens is 432 g/mol. The molecule has 4 aromatic rings. The SMILES string of the molecule is N#Cc1c(NC(=O)c2nn(Cc3ccccc3)c(=O)c3ccccc23)sc2c1CCCCC2. The van der Waals surface area contributed by atoms with Crippen molar-refractivity contribution in [2.24, 2.45) is 0 Å². The lowest BCUT2D eigenvalue weighted by Gasteiger charge is -2.11. The maximum Gasteiger partial charge on any atom is 0.277 e. The Morgan fingerprint density at radius 1 is 1.03 bits per heavy atom. The smallest absolute Gasteiger partial charge is 0.277 e. The number of hydrogen-bond acceptors (Lipinski definition) is 5. The van der Waals surface area contributed by atoms with Gasteiger partial charge in [-0.2, -0.15) is 10.4 Å². The zero-order valence-electron chi connectivity index (χ0n) is 18.0. The molecular formula is C26H22N4O2S. The fraction of sp³-hybridized carbons (Fsp3) is 0.231. The molecule has 164 valence electrons. The standard InChI is InChI=1S/C26H22N4O2S/c27-15-21-18-11-5-2-6-14-22(18)33-25(21)28-24(31)23-19-12-7-8-13-20(19)26(32)30(29-23)16-17-9-3-1-4-10-17/h1,3-4,7-10,12-13H,2,5-6,11,14,16H2,(H,28,31). The van der Waals surface area contributed by atoms with E-state index in [9.17, 15) is 14.9 Å². The summed E-state index contributed by atoms with van der Waals surface area (Å²) in [5.74, 6) is -0.416. The lowest BCUT2D eigenvalue weighted by atomic mass is 10.1. The van der Waals surface area contributed by atoms with Crippen LogP contribution in [0.25, 0.3) is 10.8 Å². The number of aryl methyl sites for hydroxylation is 1. The van der Waals surface area contributed by atoms with E-state index in [1.54, 1.807) is 24.3 Å². The number of amides is 1. The van der Waals surface area contributed by atoms with Crippen LogP contribution in [0.5, 0.6) is 0 Å². The maximum absolute atomic E-state index is 13.4. The Kier molecular flexibility index (Phi) is 5.76. The summed E-state index contributed by atoms with van der Waals surface area (Å²) in [5.41, 5.74) is 2.48. The van der Waals surface area contributed by atoms with E-state index in [4.69, 9.17) is 0 Å². The van der Waals surface area contributed by atoms with Gasteiger partial charge in [0.2, 0.25) is 0 Å². The molecule has 1 aliphatic carbocycles. The van der Waals surface area contributed by atoms with Gasteiger partial charge in [-0.3, -0.25) is 9.59 Å². The molecule has 1 amide bonds. The zero-order valence-corrected chi connectivity index (χ0v) is 18.8.